The van der Waals surface area contributed by atoms with Crippen LogP contribution >= 0.6 is 0 Å². The van der Waals surface area contributed by atoms with Gasteiger partial charge in [0.2, 0.25) is 0 Å². The average Bonchev–Trinajstić information content (AvgIpc) is 3.00. The first-order chi connectivity index (χ1) is 9.74. The van der Waals surface area contributed by atoms with E-state index in [2.05, 4.69) is 39.7 Å². The van der Waals surface area contributed by atoms with E-state index in [9.17, 15) is 0 Å². The molecule has 1 aliphatic rings. The number of aromatic nitrogens is 2. The number of nitrogens with two attached hydrogens (primary N) is 1. The van der Waals surface area contributed by atoms with Crippen LogP contribution in [-0.4, -0.2) is 46.2 Å². The van der Waals surface area contributed by atoms with Gasteiger partial charge in [-0.15, -0.1) is 5.10 Å². The number of nitrogens with zero attached hydrogens (tertiary/aromatic N) is 4. The van der Waals surface area contributed by atoms with Crippen molar-refractivity contribution in [2.24, 2.45) is 0 Å². The van der Waals surface area contributed by atoms with Gasteiger partial charge in [-0.05, 0) is 18.6 Å². The van der Waals surface area contributed by atoms with Crippen LogP contribution in [0.4, 0.5) is 11.5 Å². The second-order valence-corrected chi connectivity index (χ2v) is 5.08. The maximum absolute atomic E-state index is 6.09. The number of anilines is 2. The van der Waals surface area contributed by atoms with E-state index in [4.69, 9.17) is 5.73 Å². The van der Waals surface area contributed by atoms with E-state index in [0.717, 1.165) is 37.5 Å². The molecule has 0 fully saturated rings. The lowest BCUT2D eigenvalue weighted by atomic mass is 10.3. The van der Waals surface area contributed by atoms with E-state index in [1.165, 1.54) is 0 Å². The quantitative estimate of drug-likeness (QED) is 0.806. The average molecular weight is 272 g/mol. The molecule has 6 heteroatoms. The van der Waals surface area contributed by atoms with Crippen LogP contribution in [0.15, 0.2) is 36.8 Å². The molecule has 2 aromatic heterocycles. The van der Waals surface area contributed by atoms with Gasteiger partial charge in [-0.3, -0.25) is 0 Å². The second-order valence-electron chi connectivity index (χ2n) is 5.08. The van der Waals surface area contributed by atoms with Crippen molar-refractivity contribution in [3.8, 4) is 0 Å². The van der Waals surface area contributed by atoms with Crippen molar-refractivity contribution in [2.45, 2.75) is 6.42 Å². The van der Waals surface area contributed by atoms with Crippen molar-refractivity contribution in [1.82, 2.24) is 19.4 Å². The summed E-state index contributed by atoms with van der Waals surface area (Å²) >= 11 is 0. The van der Waals surface area contributed by atoms with Crippen LogP contribution in [0.1, 0.15) is 6.42 Å². The van der Waals surface area contributed by atoms with Crippen molar-refractivity contribution < 1.29 is 0 Å². The van der Waals surface area contributed by atoms with E-state index < -0.39 is 0 Å². The molecular formula is C14H20N6. The lowest BCUT2D eigenvalue weighted by Crippen LogP contribution is -2.24. The maximum atomic E-state index is 6.09. The van der Waals surface area contributed by atoms with Gasteiger partial charge in [0.25, 0.3) is 0 Å². The number of hydrogen-bond acceptors (Lipinski definition) is 5. The highest BCUT2D eigenvalue weighted by Crippen LogP contribution is 2.22. The summed E-state index contributed by atoms with van der Waals surface area (Å²) in [5, 5.41) is 7.75. The molecule has 0 atom stereocenters. The molecule has 3 N–H and O–H groups in total. The van der Waals surface area contributed by atoms with Crippen molar-refractivity contribution >= 4 is 17.0 Å². The lowest BCUT2D eigenvalue weighted by Gasteiger charge is -2.17. The molecule has 0 saturated carbocycles. The summed E-state index contributed by atoms with van der Waals surface area (Å²) in [5.41, 5.74) is 7.75. The first-order valence-electron chi connectivity index (χ1n) is 6.83. The van der Waals surface area contributed by atoms with Crippen LogP contribution in [0.25, 0.3) is 5.52 Å². The Labute approximate surface area is 118 Å². The van der Waals surface area contributed by atoms with E-state index in [1.54, 1.807) is 4.52 Å². The van der Waals surface area contributed by atoms with Crippen molar-refractivity contribution in [2.75, 3.05) is 37.9 Å². The van der Waals surface area contributed by atoms with Gasteiger partial charge in [0, 0.05) is 38.7 Å². The van der Waals surface area contributed by atoms with Gasteiger partial charge < -0.3 is 20.9 Å². The maximum Gasteiger partial charge on any atom is 0.172 e. The van der Waals surface area contributed by atoms with Crippen LogP contribution in [0.3, 0.4) is 0 Å². The SMILES string of the molecule is CN1C=CN(CCCNc2nn3ccccc3c2N)C1. The zero-order valence-electron chi connectivity index (χ0n) is 11.7. The molecule has 6 nitrogen and oxygen atoms in total. The second kappa shape index (κ2) is 5.32. The Kier molecular flexibility index (Phi) is 3.37. The van der Waals surface area contributed by atoms with Gasteiger partial charge in [-0.1, -0.05) is 6.07 Å². The first kappa shape index (κ1) is 12.7. The van der Waals surface area contributed by atoms with E-state index in [-0.39, 0.29) is 0 Å². The zero-order valence-corrected chi connectivity index (χ0v) is 11.7. The third-order valence-corrected chi connectivity index (χ3v) is 3.43. The highest BCUT2D eigenvalue weighted by Gasteiger charge is 2.09. The minimum Gasteiger partial charge on any atom is -0.394 e. The minimum atomic E-state index is 0.714. The molecule has 0 unspecified atom stereocenters. The van der Waals surface area contributed by atoms with E-state index in [1.807, 2.05) is 24.4 Å². The Hall–Kier alpha value is -2.37. The standard InChI is InChI=1S/C14H20N6/c1-18-9-10-19(11-18)7-4-6-16-14-13(15)12-5-2-3-8-20(12)17-14/h2-3,5,8-10H,4,6-7,11,15H2,1H3,(H,16,17). The zero-order chi connectivity index (χ0) is 13.9. The summed E-state index contributed by atoms with van der Waals surface area (Å²) in [6, 6.07) is 5.88. The predicted molar refractivity (Wildman–Crippen MR) is 81.2 cm³/mol. The lowest BCUT2D eigenvalue weighted by molar-refractivity contribution is 0.296. The van der Waals surface area contributed by atoms with Crippen molar-refractivity contribution in [3.63, 3.8) is 0 Å². The number of fused-ring (bicyclic) bond motifs is 1. The monoisotopic (exact) mass is 272 g/mol. The molecule has 0 aliphatic carbocycles. The Morgan fingerprint density at radius 3 is 3.00 bits per heavy atom. The molecule has 106 valence electrons. The van der Waals surface area contributed by atoms with Gasteiger partial charge in [-0.25, -0.2) is 4.52 Å². The first-order valence-corrected chi connectivity index (χ1v) is 6.83. The summed E-state index contributed by atoms with van der Waals surface area (Å²) in [5.74, 6) is 0.769. The number of nitrogen functional groups attached to an aromatic ring is 1. The third-order valence-electron chi connectivity index (χ3n) is 3.43. The van der Waals surface area contributed by atoms with Crippen LogP contribution in [-0.2, 0) is 0 Å². The molecule has 3 rings (SSSR count). The Morgan fingerprint density at radius 2 is 2.25 bits per heavy atom. The normalized spacial score (nSPS) is 14.4. The number of pyridine rings is 1. The van der Waals surface area contributed by atoms with Crippen molar-refractivity contribution in [1.29, 1.82) is 0 Å². The number of nitrogens with one attached hydrogen (secondary N) is 1. The van der Waals surface area contributed by atoms with Gasteiger partial charge in [-0.2, -0.15) is 0 Å². The minimum absolute atomic E-state index is 0.714. The van der Waals surface area contributed by atoms with E-state index >= 15 is 0 Å². The number of rotatable bonds is 5. The van der Waals surface area contributed by atoms with Crippen LogP contribution in [0.5, 0.6) is 0 Å². The molecule has 0 saturated heterocycles. The molecule has 20 heavy (non-hydrogen) atoms. The molecule has 0 aromatic carbocycles. The largest absolute Gasteiger partial charge is 0.394 e. The molecule has 0 bridgehead atoms. The van der Waals surface area contributed by atoms with Gasteiger partial charge in [0.05, 0.1) is 12.2 Å². The summed E-state index contributed by atoms with van der Waals surface area (Å²) in [7, 11) is 2.08. The Balaban J connectivity index is 1.52. The molecule has 0 spiro atoms. The highest BCUT2D eigenvalue weighted by atomic mass is 15.3. The fourth-order valence-corrected chi connectivity index (χ4v) is 2.37. The fourth-order valence-electron chi connectivity index (χ4n) is 2.37. The third kappa shape index (κ3) is 2.49. The van der Waals surface area contributed by atoms with Crippen LogP contribution in [0, 0.1) is 0 Å². The Morgan fingerprint density at radius 1 is 1.35 bits per heavy atom. The van der Waals surface area contributed by atoms with Crippen LogP contribution in [0.2, 0.25) is 0 Å². The van der Waals surface area contributed by atoms with Gasteiger partial charge >= 0.3 is 0 Å². The highest BCUT2D eigenvalue weighted by molar-refractivity contribution is 5.80. The van der Waals surface area contributed by atoms with Gasteiger partial charge in [0.1, 0.15) is 5.69 Å². The fraction of sp³-hybridized carbons (Fsp3) is 0.357. The summed E-state index contributed by atoms with van der Waals surface area (Å²) < 4.78 is 1.80. The summed E-state index contributed by atoms with van der Waals surface area (Å²) in [6.07, 6.45) is 7.17. The Bertz CT molecular complexity index is 617. The van der Waals surface area contributed by atoms with E-state index in [0.29, 0.717) is 5.69 Å². The van der Waals surface area contributed by atoms with Crippen LogP contribution < -0.4 is 11.1 Å². The predicted octanol–water partition coefficient (Wildman–Crippen LogP) is 1.39. The molecule has 1 aliphatic heterocycles. The van der Waals surface area contributed by atoms with Crippen molar-refractivity contribution in [3.05, 3.63) is 36.8 Å². The topological polar surface area (TPSA) is 61.8 Å². The molecular weight excluding hydrogens is 252 g/mol. The van der Waals surface area contributed by atoms with Gasteiger partial charge in [0.15, 0.2) is 5.82 Å². The number of hydrogen-bond donors (Lipinski definition) is 2. The summed E-state index contributed by atoms with van der Waals surface area (Å²) in [4.78, 5) is 4.45. The summed E-state index contributed by atoms with van der Waals surface area (Å²) in [6.45, 7) is 2.86. The molecule has 3 heterocycles. The smallest absolute Gasteiger partial charge is 0.172 e. The molecule has 0 radical (unpaired) electrons. The molecule has 0 amide bonds. The molecule has 2 aromatic rings.